The lowest BCUT2D eigenvalue weighted by Crippen LogP contribution is -2.20. The zero-order valence-electron chi connectivity index (χ0n) is 12.5. The molecule has 4 heteroatoms. The quantitative estimate of drug-likeness (QED) is 0.902. The lowest BCUT2D eigenvalue weighted by atomic mass is 9.86. The average Bonchev–Trinajstić information content (AvgIpc) is 3.20. The highest BCUT2D eigenvalue weighted by molar-refractivity contribution is 5.68. The van der Waals surface area contributed by atoms with Crippen LogP contribution in [0, 0.1) is 5.92 Å². The van der Waals surface area contributed by atoms with Gasteiger partial charge in [0.05, 0.1) is 13.0 Å². The Morgan fingerprint density at radius 3 is 2.67 bits per heavy atom. The van der Waals surface area contributed by atoms with Crippen LogP contribution >= 0.6 is 0 Å². The van der Waals surface area contributed by atoms with Gasteiger partial charge in [-0.2, -0.15) is 0 Å². The number of hydrogen-bond acceptors (Lipinski definition) is 3. The van der Waals surface area contributed by atoms with E-state index in [1.807, 2.05) is 32.0 Å². The summed E-state index contributed by atoms with van der Waals surface area (Å²) >= 11 is 0. The second-order valence-electron chi connectivity index (χ2n) is 6.49. The van der Waals surface area contributed by atoms with Crippen molar-refractivity contribution in [1.82, 2.24) is 0 Å². The molecule has 1 aromatic carbocycles. The van der Waals surface area contributed by atoms with E-state index in [1.165, 1.54) is 0 Å². The van der Waals surface area contributed by atoms with Gasteiger partial charge in [0.15, 0.2) is 5.79 Å². The third kappa shape index (κ3) is 3.27. The van der Waals surface area contributed by atoms with Crippen LogP contribution in [-0.4, -0.2) is 23.5 Å². The summed E-state index contributed by atoms with van der Waals surface area (Å²) in [6.07, 6.45) is 2.34. The van der Waals surface area contributed by atoms with Gasteiger partial charge in [-0.25, -0.2) is 0 Å². The Labute approximate surface area is 125 Å². The van der Waals surface area contributed by atoms with E-state index in [1.54, 1.807) is 0 Å². The van der Waals surface area contributed by atoms with E-state index in [-0.39, 0.29) is 18.4 Å². The van der Waals surface area contributed by atoms with Gasteiger partial charge in [0.1, 0.15) is 6.10 Å². The highest BCUT2D eigenvalue weighted by Crippen LogP contribution is 2.47. The van der Waals surface area contributed by atoms with E-state index in [9.17, 15) is 9.90 Å². The minimum Gasteiger partial charge on any atom is -0.481 e. The largest absolute Gasteiger partial charge is 0.481 e. The van der Waals surface area contributed by atoms with Crippen LogP contribution in [0.4, 0.5) is 0 Å². The van der Waals surface area contributed by atoms with Crippen molar-refractivity contribution in [2.75, 3.05) is 6.61 Å². The molecule has 0 bridgehead atoms. The highest BCUT2D eigenvalue weighted by atomic mass is 16.7. The minimum atomic E-state index is -0.731. The molecule has 1 aliphatic heterocycles. The lowest BCUT2D eigenvalue weighted by Gasteiger charge is -2.22. The number of rotatable bonds is 5. The van der Waals surface area contributed by atoms with Gasteiger partial charge < -0.3 is 14.6 Å². The van der Waals surface area contributed by atoms with Gasteiger partial charge in [0.2, 0.25) is 0 Å². The molecule has 114 valence electrons. The number of carboxylic acids is 1. The Hall–Kier alpha value is -1.39. The molecule has 21 heavy (non-hydrogen) atoms. The molecule has 1 saturated heterocycles. The normalized spacial score (nSPS) is 25.7. The predicted octanol–water partition coefficient (Wildman–Crippen LogP) is 3.48. The molecule has 3 rings (SSSR count). The first kappa shape index (κ1) is 14.5. The fourth-order valence-electron chi connectivity index (χ4n) is 3.20. The van der Waals surface area contributed by atoms with Crippen LogP contribution in [0.5, 0.6) is 0 Å². The molecule has 1 saturated carbocycles. The van der Waals surface area contributed by atoms with E-state index in [4.69, 9.17) is 9.47 Å². The van der Waals surface area contributed by atoms with E-state index in [0.29, 0.717) is 12.5 Å². The van der Waals surface area contributed by atoms with Crippen molar-refractivity contribution in [3.8, 4) is 0 Å². The second kappa shape index (κ2) is 5.43. The maximum absolute atomic E-state index is 11.2. The molecule has 1 aromatic rings. The molecule has 2 unspecified atom stereocenters. The van der Waals surface area contributed by atoms with Crippen LogP contribution in [0.2, 0.25) is 0 Å². The Kier molecular flexibility index (Phi) is 3.76. The molecular weight excluding hydrogens is 268 g/mol. The fourth-order valence-corrected chi connectivity index (χ4v) is 3.20. The number of carboxylic acid groups (broad SMARTS) is 1. The second-order valence-corrected chi connectivity index (χ2v) is 6.49. The number of hydrogen-bond donors (Lipinski definition) is 1. The summed E-state index contributed by atoms with van der Waals surface area (Å²) < 4.78 is 11.6. The molecule has 0 radical (unpaired) electrons. The van der Waals surface area contributed by atoms with Crippen molar-refractivity contribution < 1.29 is 19.4 Å². The summed E-state index contributed by atoms with van der Waals surface area (Å²) in [4.78, 5) is 11.2. The maximum atomic E-state index is 11.2. The summed E-state index contributed by atoms with van der Waals surface area (Å²) in [5, 5.41) is 9.21. The monoisotopic (exact) mass is 290 g/mol. The zero-order chi connectivity index (χ0) is 15.0. The van der Waals surface area contributed by atoms with Gasteiger partial charge in [-0.05, 0) is 49.7 Å². The first-order valence-corrected chi connectivity index (χ1v) is 7.58. The molecule has 1 aliphatic carbocycles. The zero-order valence-corrected chi connectivity index (χ0v) is 12.5. The van der Waals surface area contributed by atoms with Crippen molar-refractivity contribution >= 4 is 5.97 Å². The Bertz CT molecular complexity index is 533. The van der Waals surface area contributed by atoms with Gasteiger partial charge in [0, 0.05) is 0 Å². The summed E-state index contributed by atoms with van der Waals surface area (Å²) in [6, 6.07) is 8.06. The molecule has 1 N–H and O–H groups in total. The molecule has 2 aliphatic rings. The van der Waals surface area contributed by atoms with E-state index in [2.05, 4.69) is 6.07 Å². The van der Waals surface area contributed by atoms with Crippen LogP contribution in [0.1, 0.15) is 56.3 Å². The third-order valence-electron chi connectivity index (χ3n) is 4.34. The van der Waals surface area contributed by atoms with Crippen molar-refractivity contribution in [1.29, 1.82) is 0 Å². The molecule has 2 fully saturated rings. The smallest absolute Gasteiger partial charge is 0.303 e. The number of aliphatic carboxylic acids is 1. The van der Waals surface area contributed by atoms with Crippen LogP contribution in [0.15, 0.2) is 24.3 Å². The van der Waals surface area contributed by atoms with Crippen LogP contribution in [-0.2, 0) is 14.3 Å². The van der Waals surface area contributed by atoms with Gasteiger partial charge in [0.25, 0.3) is 0 Å². The van der Waals surface area contributed by atoms with Crippen LogP contribution in [0.25, 0.3) is 0 Å². The summed E-state index contributed by atoms with van der Waals surface area (Å²) in [7, 11) is 0. The standard InChI is InChI=1S/C17H22O4/c1-17(2)20-10-15(21-17)13-6-4-3-5-12(13)14(9-16(18)19)11-7-8-11/h3-6,11,14-15H,7-10H2,1-2H3,(H,18,19). The molecule has 0 amide bonds. The molecule has 0 spiro atoms. The van der Waals surface area contributed by atoms with Gasteiger partial charge in [-0.1, -0.05) is 24.3 Å². The van der Waals surface area contributed by atoms with Crippen molar-refractivity contribution in [3.05, 3.63) is 35.4 Å². The number of benzene rings is 1. The van der Waals surface area contributed by atoms with Crippen molar-refractivity contribution in [3.63, 3.8) is 0 Å². The minimum absolute atomic E-state index is 0.0889. The number of carbonyl (C=O) groups is 1. The van der Waals surface area contributed by atoms with Crippen LogP contribution in [0.3, 0.4) is 0 Å². The lowest BCUT2D eigenvalue weighted by molar-refractivity contribution is -0.139. The molecular formula is C17H22O4. The summed E-state index contributed by atoms with van der Waals surface area (Å²) in [6.45, 7) is 4.34. The van der Waals surface area contributed by atoms with E-state index >= 15 is 0 Å². The Morgan fingerprint density at radius 1 is 1.38 bits per heavy atom. The molecule has 1 heterocycles. The third-order valence-corrected chi connectivity index (χ3v) is 4.34. The predicted molar refractivity (Wildman–Crippen MR) is 78.0 cm³/mol. The Balaban J connectivity index is 1.89. The average molecular weight is 290 g/mol. The highest BCUT2D eigenvalue weighted by Gasteiger charge is 2.39. The van der Waals surface area contributed by atoms with Crippen LogP contribution < -0.4 is 0 Å². The molecule has 0 aromatic heterocycles. The fraction of sp³-hybridized carbons (Fsp3) is 0.588. The Morgan fingerprint density at radius 2 is 2.10 bits per heavy atom. The molecule has 4 nitrogen and oxygen atoms in total. The van der Waals surface area contributed by atoms with Gasteiger partial charge in [-0.15, -0.1) is 0 Å². The van der Waals surface area contributed by atoms with E-state index < -0.39 is 11.8 Å². The maximum Gasteiger partial charge on any atom is 0.303 e. The first-order valence-electron chi connectivity index (χ1n) is 7.58. The SMILES string of the molecule is CC1(C)OCC(c2ccccc2C(CC(=O)O)C2CC2)O1. The first-order chi connectivity index (χ1) is 9.96. The van der Waals surface area contributed by atoms with Crippen molar-refractivity contribution in [2.24, 2.45) is 5.92 Å². The summed E-state index contributed by atoms with van der Waals surface area (Å²) in [5.74, 6) is -0.714. The molecule has 2 atom stereocenters. The summed E-state index contributed by atoms with van der Waals surface area (Å²) in [5.41, 5.74) is 2.20. The van der Waals surface area contributed by atoms with E-state index in [0.717, 1.165) is 24.0 Å². The number of ether oxygens (including phenoxy) is 2. The van der Waals surface area contributed by atoms with Gasteiger partial charge in [-0.3, -0.25) is 4.79 Å². The van der Waals surface area contributed by atoms with Gasteiger partial charge >= 0.3 is 5.97 Å². The van der Waals surface area contributed by atoms with Crippen molar-refractivity contribution in [2.45, 2.75) is 50.9 Å². The topological polar surface area (TPSA) is 55.8 Å².